The molecule has 0 fully saturated rings. The summed E-state index contributed by atoms with van der Waals surface area (Å²) in [6.07, 6.45) is 4.72. The van der Waals surface area contributed by atoms with Crippen LogP contribution in [0.5, 0.6) is 0 Å². The summed E-state index contributed by atoms with van der Waals surface area (Å²) in [6, 6.07) is 13.1. The Morgan fingerprint density at radius 3 is 2.80 bits per heavy atom. The molecule has 0 bridgehead atoms. The van der Waals surface area contributed by atoms with Gasteiger partial charge < -0.3 is 9.73 Å². The van der Waals surface area contributed by atoms with E-state index < -0.39 is 0 Å². The van der Waals surface area contributed by atoms with Gasteiger partial charge in [-0.05, 0) is 42.2 Å². The summed E-state index contributed by atoms with van der Waals surface area (Å²) in [4.78, 5) is 12.2. The van der Waals surface area contributed by atoms with Crippen molar-refractivity contribution in [3.05, 3.63) is 66.0 Å². The van der Waals surface area contributed by atoms with Crippen LogP contribution in [0.15, 0.2) is 64.2 Å². The summed E-state index contributed by atoms with van der Waals surface area (Å²) >= 11 is 1.34. The summed E-state index contributed by atoms with van der Waals surface area (Å²) in [5, 5.41) is 11.1. The van der Waals surface area contributed by atoms with Crippen LogP contribution in [-0.4, -0.2) is 22.4 Å². The molecule has 3 aromatic rings. The number of amides is 1. The van der Waals surface area contributed by atoms with Gasteiger partial charge in [-0.25, -0.2) is 4.39 Å². The summed E-state index contributed by atoms with van der Waals surface area (Å²) in [7, 11) is 0. The van der Waals surface area contributed by atoms with Crippen molar-refractivity contribution in [2.75, 3.05) is 11.6 Å². The van der Waals surface area contributed by atoms with Crippen molar-refractivity contribution in [1.29, 1.82) is 0 Å². The lowest BCUT2D eigenvalue weighted by Gasteiger charge is -2.06. The number of nitrogens with zero attached hydrogens (tertiary/aromatic N) is 2. The van der Waals surface area contributed by atoms with Crippen LogP contribution in [0, 0.1) is 5.82 Å². The molecule has 2 aromatic carbocycles. The van der Waals surface area contributed by atoms with Gasteiger partial charge in [-0.15, -0.1) is 10.2 Å². The molecule has 0 atom stereocenters. The van der Waals surface area contributed by atoms with Crippen molar-refractivity contribution in [2.24, 2.45) is 0 Å². The van der Waals surface area contributed by atoms with E-state index in [0.29, 0.717) is 27.9 Å². The third kappa shape index (κ3) is 4.33. The van der Waals surface area contributed by atoms with E-state index >= 15 is 0 Å². The lowest BCUT2D eigenvalue weighted by Crippen LogP contribution is -2.08. The molecule has 1 N–H and O–H groups in total. The van der Waals surface area contributed by atoms with E-state index in [1.807, 2.05) is 12.3 Å². The number of anilines is 1. The first-order valence-electron chi connectivity index (χ1n) is 7.37. The fraction of sp³-hybridized carbons (Fsp3) is 0.0556. The first-order valence-corrected chi connectivity index (χ1v) is 8.60. The molecule has 1 heterocycles. The number of rotatable bonds is 5. The van der Waals surface area contributed by atoms with Crippen LogP contribution in [-0.2, 0) is 4.79 Å². The molecule has 0 saturated heterocycles. The molecular weight excluding hydrogens is 341 g/mol. The number of hydrogen-bond donors (Lipinski definition) is 1. The highest BCUT2D eigenvalue weighted by molar-refractivity contribution is 7.98. The monoisotopic (exact) mass is 355 g/mol. The SMILES string of the molecule is CSc1nnc(-c2ccccc2NC(=O)C=Cc2cccc(F)c2)o1. The maximum atomic E-state index is 13.2. The first kappa shape index (κ1) is 16.9. The van der Waals surface area contributed by atoms with Gasteiger partial charge in [0.15, 0.2) is 0 Å². The topological polar surface area (TPSA) is 68.0 Å². The Morgan fingerprint density at radius 2 is 2.04 bits per heavy atom. The molecule has 0 aliphatic rings. The van der Waals surface area contributed by atoms with Crippen LogP contribution in [0.4, 0.5) is 10.1 Å². The average molecular weight is 355 g/mol. The van der Waals surface area contributed by atoms with Crippen molar-refractivity contribution in [3.63, 3.8) is 0 Å². The first-order chi connectivity index (χ1) is 12.2. The Balaban J connectivity index is 1.77. The van der Waals surface area contributed by atoms with E-state index in [9.17, 15) is 9.18 Å². The van der Waals surface area contributed by atoms with Crippen molar-refractivity contribution >= 4 is 29.4 Å². The molecule has 126 valence electrons. The maximum absolute atomic E-state index is 13.2. The number of halogens is 1. The quantitative estimate of drug-likeness (QED) is 0.547. The highest BCUT2D eigenvalue weighted by atomic mass is 32.2. The molecule has 5 nitrogen and oxygen atoms in total. The standard InChI is InChI=1S/C18H14FN3O2S/c1-25-18-22-21-17(24-18)14-7-2-3-8-15(14)20-16(23)10-9-12-5-4-6-13(19)11-12/h2-11H,1H3,(H,20,23). The summed E-state index contributed by atoms with van der Waals surface area (Å²) < 4.78 is 18.7. The smallest absolute Gasteiger partial charge is 0.276 e. The largest absolute Gasteiger partial charge is 0.411 e. The number of carbonyl (C=O) groups excluding carboxylic acids is 1. The molecule has 25 heavy (non-hydrogen) atoms. The van der Waals surface area contributed by atoms with E-state index in [0.717, 1.165) is 0 Å². The van der Waals surface area contributed by atoms with Gasteiger partial charge in [-0.1, -0.05) is 36.0 Å². The molecule has 0 aliphatic heterocycles. The summed E-state index contributed by atoms with van der Waals surface area (Å²) in [5.41, 5.74) is 1.78. The lowest BCUT2D eigenvalue weighted by molar-refractivity contribution is -0.111. The van der Waals surface area contributed by atoms with Gasteiger partial charge in [0.1, 0.15) is 5.82 Å². The number of carbonyl (C=O) groups is 1. The molecule has 1 amide bonds. The highest BCUT2D eigenvalue weighted by Crippen LogP contribution is 2.28. The van der Waals surface area contributed by atoms with Gasteiger partial charge in [0.2, 0.25) is 5.91 Å². The molecule has 0 spiro atoms. The van der Waals surface area contributed by atoms with Crippen LogP contribution < -0.4 is 5.32 Å². The number of aromatic nitrogens is 2. The number of benzene rings is 2. The third-order valence-corrected chi connectivity index (χ3v) is 3.79. The Morgan fingerprint density at radius 1 is 1.20 bits per heavy atom. The Hall–Kier alpha value is -2.93. The van der Waals surface area contributed by atoms with Gasteiger partial charge in [0.25, 0.3) is 11.1 Å². The van der Waals surface area contributed by atoms with Crippen LogP contribution in [0.2, 0.25) is 0 Å². The fourth-order valence-electron chi connectivity index (χ4n) is 2.14. The Bertz CT molecular complexity index is 924. The molecule has 0 unspecified atom stereocenters. The second-order valence-electron chi connectivity index (χ2n) is 5.00. The Labute approximate surface area is 148 Å². The minimum absolute atomic E-state index is 0.328. The maximum Gasteiger partial charge on any atom is 0.276 e. The van der Waals surface area contributed by atoms with Crippen LogP contribution in [0.3, 0.4) is 0 Å². The minimum atomic E-state index is -0.353. The molecule has 1 aromatic heterocycles. The summed E-state index contributed by atoms with van der Waals surface area (Å²) in [5.74, 6) is -0.371. The molecule has 0 saturated carbocycles. The molecule has 7 heteroatoms. The summed E-state index contributed by atoms with van der Waals surface area (Å²) in [6.45, 7) is 0. The predicted molar refractivity (Wildman–Crippen MR) is 95.6 cm³/mol. The van der Waals surface area contributed by atoms with Gasteiger partial charge in [0.05, 0.1) is 11.3 Å². The van der Waals surface area contributed by atoms with Gasteiger partial charge in [0, 0.05) is 6.08 Å². The van der Waals surface area contributed by atoms with Crippen molar-refractivity contribution < 1.29 is 13.6 Å². The van der Waals surface area contributed by atoms with Crippen molar-refractivity contribution in [2.45, 2.75) is 5.22 Å². The molecule has 3 rings (SSSR count). The predicted octanol–water partition coefficient (Wildman–Crippen LogP) is 4.25. The molecule has 0 radical (unpaired) electrons. The zero-order valence-electron chi connectivity index (χ0n) is 13.3. The zero-order valence-corrected chi connectivity index (χ0v) is 14.1. The number of thioether (sulfide) groups is 1. The number of para-hydroxylation sites is 1. The fourth-order valence-corrected chi connectivity index (χ4v) is 2.42. The second kappa shape index (κ2) is 7.76. The van der Waals surface area contributed by atoms with Crippen LogP contribution in [0.25, 0.3) is 17.5 Å². The van der Waals surface area contributed by atoms with Gasteiger partial charge in [-0.2, -0.15) is 0 Å². The van der Waals surface area contributed by atoms with E-state index in [1.54, 1.807) is 36.4 Å². The molecule has 0 aliphatic carbocycles. The van der Waals surface area contributed by atoms with E-state index in [1.165, 1.54) is 30.0 Å². The number of hydrogen-bond acceptors (Lipinski definition) is 5. The van der Waals surface area contributed by atoms with Crippen molar-refractivity contribution in [1.82, 2.24) is 10.2 Å². The van der Waals surface area contributed by atoms with E-state index in [4.69, 9.17) is 4.42 Å². The van der Waals surface area contributed by atoms with Gasteiger partial charge >= 0.3 is 0 Å². The van der Waals surface area contributed by atoms with Gasteiger partial charge in [-0.3, -0.25) is 4.79 Å². The van der Waals surface area contributed by atoms with Crippen LogP contribution in [0.1, 0.15) is 5.56 Å². The zero-order chi connectivity index (χ0) is 17.6. The van der Waals surface area contributed by atoms with E-state index in [2.05, 4.69) is 15.5 Å². The normalized spacial score (nSPS) is 11.0. The Kier molecular flexibility index (Phi) is 5.25. The lowest BCUT2D eigenvalue weighted by atomic mass is 10.1. The van der Waals surface area contributed by atoms with Crippen molar-refractivity contribution in [3.8, 4) is 11.5 Å². The minimum Gasteiger partial charge on any atom is -0.411 e. The average Bonchev–Trinajstić information content (AvgIpc) is 3.09. The van der Waals surface area contributed by atoms with Crippen LogP contribution >= 0.6 is 11.8 Å². The second-order valence-corrected chi connectivity index (χ2v) is 5.76. The molecular formula is C18H14FN3O2S. The third-order valence-electron chi connectivity index (χ3n) is 3.27. The number of nitrogens with one attached hydrogen (secondary N) is 1. The highest BCUT2D eigenvalue weighted by Gasteiger charge is 2.13. The van der Waals surface area contributed by atoms with E-state index in [-0.39, 0.29) is 11.7 Å².